The number of aromatic nitrogens is 5. The predicted molar refractivity (Wildman–Crippen MR) is 100 cm³/mol. The van der Waals surface area contributed by atoms with Gasteiger partial charge in [-0.1, -0.05) is 16.8 Å². The van der Waals surface area contributed by atoms with Gasteiger partial charge in [0.05, 0.1) is 11.4 Å². The van der Waals surface area contributed by atoms with E-state index in [0.29, 0.717) is 29.6 Å². The number of piperidine rings is 1. The molecule has 1 saturated carbocycles. The normalized spacial score (nSPS) is 23.1. The molecule has 1 amide bonds. The molecule has 0 radical (unpaired) electrons. The van der Waals surface area contributed by atoms with E-state index in [9.17, 15) is 9.18 Å². The molecule has 150 valence electrons. The molecular formula is C19H18ClFN6O2. The Morgan fingerprint density at radius 1 is 1.38 bits per heavy atom. The van der Waals surface area contributed by atoms with Crippen molar-refractivity contribution in [1.29, 1.82) is 0 Å². The van der Waals surface area contributed by atoms with Crippen molar-refractivity contribution in [1.82, 2.24) is 29.8 Å². The van der Waals surface area contributed by atoms with E-state index < -0.39 is 5.82 Å². The maximum atomic E-state index is 13.7. The van der Waals surface area contributed by atoms with Crippen molar-refractivity contribution in [3.8, 4) is 11.4 Å². The third-order valence-electron chi connectivity index (χ3n) is 5.91. The van der Waals surface area contributed by atoms with Crippen molar-refractivity contribution < 1.29 is 13.7 Å². The summed E-state index contributed by atoms with van der Waals surface area (Å²) in [6.45, 7) is 0.666. The largest absolute Gasteiger partial charge is 0.339 e. The first-order valence-electron chi connectivity index (χ1n) is 9.41. The number of fused-ring (bicyclic) bond motifs is 2. The van der Waals surface area contributed by atoms with Crippen molar-refractivity contribution in [2.24, 2.45) is 13.0 Å². The molecule has 2 bridgehead atoms. The van der Waals surface area contributed by atoms with E-state index in [1.807, 2.05) is 4.90 Å². The van der Waals surface area contributed by atoms with Gasteiger partial charge >= 0.3 is 0 Å². The quantitative estimate of drug-likeness (QED) is 0.649. The maximum Gasteiger partial charge on any atom is 0.230 e. The number of rotatable bonds is 4. The number of aryl methyl sites for hydroxylation is 1. The summed E-state index contributed by atoms with van der Waals surface area (Å²) in [6.07, 6.45) is 3.40. The molecule has 8 nitrogen and oxygen atoms in total. The summed E-state index contributed by atoms with van der Waals surface area (Å²) >= 11 is 5.73. The lowest BCUT2D eigenvalue weighted by Gasteiger charge is -2.30. The van der Waals surface area contributed by atoms with Crippen LogP contribution in [0.3, 0.4) is 0 Å². The highest BCUT2D eigenvalue weighted by molar-refractivity contribution is 6.30. The smallest absolute Gasteiger partial charge is 0.230 e. The summed E-state index contributed by atoms with van der Waals surface area (Å²) < 4.78 is 20.8. The Kier molecular flexibility index (Phi) is 4.34. The van der Waals surface area contributed by atoms with Gasteiger partial charge in [-0.2, -0.15) is 10.1 Å². The van der Waals surface area contributed by atoms with Crippen molar-refractivity contribution >= 4 is 17.5 Å². The molecule has 3 atom stereocenters. The van der Waals surface area contributed by atoms with E-state index in [0.717, 1.165) is 12.8 Å². The molecule has 1 saturated heterocycles. The average Bonchev–Trinajstić information content (AvgIpc) is 3.48. The number of halogens is 2. The lowest BCUT2D eigenvalue weighted by molar-refractivity contribution is -0.132. The van der Waals surface area contributed by atoms with Crippen LogP contribution in [0.25, 0.3) is 11.4 Å². The lowest BCUT2D eigenvalue weighted by atomic mass is 9.94. The van der Waals surface area contributed by atoms with Crippen LogP contribution in [0.4, 0.5) is 4.39 Å². The van der Waals surface area contributed by atoms with Crippen LogP contribution in [0.5, 0.6) is 0 Å². The van der Waals surface area contributed by atoms with Crippen LogP contribution in [-0.2, 0) is 18.3 Å². The van der Waals surface area contributed by atoms with E-state index in [1.165, 1.54) is 18.5 Å². The van der Waals surface area contributed by atoms with Crippen LogP contribution in [0.15, 0.2) is 29.0 Å². The Morgan fingerprint density at radius 3 is 2.93 bits per heavy atom. The first-order chi connectivity index (χ1) is 14.0. The van der Waals surface area contributed by atoms with E-state index in [1.54, 1.807) is 17.8 Å². The molecule has 5 rings (SSSR count). The molecular weight excluding hydrogens is 399 g/mol. The molecule has 2 aromatic heterocycles. The van der Waals surface area contributed by atoms with E-state index >= 15 is 0 Å². The second-order valence-electron chi connectivity index (χ2n) is 7.60. The van der Waals surface area contributed by atoms with Gasteiger partial charge in [-0.25, -0.2) is 9.37 Å². The minimum atomic E-state index is -0.521. The van der Waals surface area contributed by atoms with E-state index in [2.05, 4.69) is 20.2 Å². The van der Waals surface area contributed by atoms with Crippen LogP contribution in [0.2, 0.25) is 5.02 Å². The van der Waals surface area contributed by atoms with E-state index in [-0.39, 0.29) is 35.2 Å². The SMILES string of the molecule is Cn1ncnc1CC(=O)N1C[C@@H]2C[C@H]1CC2c1nc(-c2ccc(Cl)c(F)c2)no1. The van der Waals surface area contributed by atoms with Crippen molar-refractivity contribution in [2.45, 2.75) is 31.2 Å². The zero-order valence-electron chi connectivity index (χ0n) is 15.6. The summed E-state index contributed by atoms with van der Waals surface area (Å²) in [7, 11) is 1.78. The second-order valence-corrected chi connectivity index (χ2v) is 8.01. The standard InChI is InChI=1S/C19H18ClFN6O2/c1-26-16(22-9-23-26)7-17(28)27-8-11-4-12(27)6-13(11)19-24-18(25-29-19)10-2-3-14(20)15(21)5-10/h2-3,5,9,11-13H,4,6-8H2,1H3/t11-,12-,13?/m0/s1. The fourth-order valence-corrected chi connectivity index (χ4v) is 4.53. The number of likely N-dealkylation sites (tertiary alicyclic amines) is 1. The molecule has 2 aliphatic rings. The molecule has 1 unspecified atom stereocenters. The molecule has 29 heavy (non-hydrogen) atoms. The molecule has 0 spiro atoms. The van der Waals surface area contributed by atoms with Gasteiger partial charge in [0.15, 0.2) is 0 Å². The first kappa shape index (κ1) is 18.2. The highest BCUT2D eigenvalue weighted by Crippen LogP contribution is 2.47. The molecule has 1 aliphatic carbocycles. The van der Waals surface area contributed by atoms with Crippen LogP contribution < -0.4 is 0 Å². The van der Waals surface area contributed by atoms with Gasteiger partial charge < -0.3 is 9.42 Å². The molecule has 1 aliphatic heterocycles. The molecule has 10 heteroatoms. The van der Waals surface area contributed by atoms with Crippen molar-refractivity contribution in [2.75, 3.05) is 6.54 Å². The van der Waals surface area contributed by atoms with Gasteiger partial charge in [0.2, 0.25) is 17.6 Å². The first-order valence-corrected chi connectivity index (χ1v) is 9.78. The number of carbonyl (C=O) groups is 1. The third-order valence-corrected chi connectivity index (χ3v) is 6.22. The molecule has 2 fully saturated rings. The number of hydrogen-bond donors (Lipinski definition) is 0. The number of benzene rings is 1. The topological polar surface area (TPSA) is 89.9 Å². The second kappa shape index (κ2) is 6.91. The number of nitrogens with zero attached hydrogens (tertiary/aromatic N) is 6. The fourth-order valence-electron chi connectivity index (χ4n) is 4.42. The Labute approximate surface area is 170 Å². The summed E-state index contributed by atoms with van der Waals surface area (Å²) in [5.41, 5.74) is 0.519. The zero-order chi connectivity index (χ0) is 20.1. The van der Waals surface area contributed by atoms with Crippen LogP contribution in [0, 0.1) is 11.7 Å². The number of amides is 1. The van der Waals surface area contributed by atoms with Crippen LogP contribution in [-0.4, -0.2) is 48.3 Å². The van der Waals surface area contributed by atoms with Gasteiger partial charge in [0.25, 0.3) is 0 Å². The van der Waals surface area contributed by atoms with Gasteiger partial charge in [-0.15, -0.1) is 0 Å². The minimum Gasteiger partial charge on any atom is -0.339 e. The number of carbonyl (C=O) groups excluding carboxylic acids is 1. The molecule has 3 heterocycles. The highest BCUT2D eigenvalue weighted by atomic mass is 35.5. The highest BCUT2D eigenvalue weighted by Gasteiger charge is 2.49. The maximum absolute atomic E-state index is 13.7. The Morgan fingerprint density at radius 2 is 2.24 bits per heavy atom. The Balaban J connectivity index is 1.28. The fraction of sp³-hybridized carbons (Fsp3) is 0.421. The van der Waals surface area contributed by atoms with Crippen molar-refractivity contribution in [3.05, 3.63) is 47.1 Å². The predicted octanol–water partition coefficient (Wildman–Crippen LogP) is 2.60. The average molecular weight is 417 g/mol. The van der Waals surface area contributed by atoms with Gasteiger partial charge in [0, 0.05) is 31.1 Å². The minimum absolute atomic E-state index is 0.0525. The Bertz CT molecular complexity index is 1080. The monoisotopic (exact) mass is 416 g/mol. The Hall–Kier alpha value is -2.81. The summed E-state index contributed by atoms with van der Waals surface area (Å²) in [6, 6.07) is 4.59. The molecule has 3 aromatic rings. The van der Waals surface area contributed by atoms with E-state index in [4.69, 9.17) is 16.1 Å². The summed E-state index contributed by atoms with van der Waals surface area (Å²) in [5.74, 6) is 1.47. The summed E-state index contributed by atoms with van der Waals surface area (Å²) in [5, 5.41) is 8.07. The van der Waals surface area contributed by atoms with Gasteiger partial charge in [-0.05, 0) is 37.0 Å². The van der Waals surface area contributed by atoms with Gasteiger partial charge in [-0.3, -0.25) is 9.48 Å². The number of hydrogen-bond acceptors (Lipinski definition) is 6. The van der Waals surface area contributed by atoms with Crippen LogP contribution >= 0.6 is 11.6 Å². The summed E-state index contributed by atoms with van der Waals surface area (Å²) in [4.78, 5) is 23.2. The third kappa shape index (κ3) is 3.19. The van der Waals surface area contributed by atoms with Gasteiger partial charge in [0.1, 0.15) is 18.0 Å². The molecule has 0 N–H and O–H groups in total. The van der Waals surface area contributed by atoms with Crippen molar-refractivity contribution in [3.63, 3.8) is 0 Å². The zero-order valence-corrected chi connectivity index (χ0v) is 16.4. The molecule has 1 aromatic carbocycles. The van der Waals surface area contributed by atoms with Crippen LogP contribution in [0.1, 0.15) is 30.5 Å². The lowest BCUT2D eigenvalue weighted by Crippen LogP contribution is -2.40.